The Morgan fingerprint density at radius 2 is 2.08 bits per heavy atom. The molecule has 0 atom stereocenters. The number of rotatable bonds is 7. The Bertz CT molecular complexity index is 878. The van der Waals surface area contributed by atoms with E-state index in [4.69, 9.17) is 5.11 Å². The van der Waals surface area contributed by atoms with Crippen LogP contribution in [0.3, 0.4) is 0 Å². The highest BCUT2D eigenvalue weighted by Crippen LogP contribution is 2.22. The van der Waals surface area contributed by atoms with Gasteiger partial charge < -0.3 is 10.4 Å². The molecule has 0 radical (unpaired) electrons. The molecule has 0 saturated carbocycles. The molecule has 1 heterocycles. The van der Waals surface area contributed by atoms with Crippen molar-refractivity contribution in [3.05, 3.63) is 51.1 Å². The van der Waals surface area contributed by atoms with E-state index in [0.717, 1.165) is 6.07 Å². The number of hydrogen-bond acceptors (Lipinski definition) is 5. The summed E-state index contributed by atoms with van der Waals surface area (Å²) in [6, 6.07) is 3.75. The Morgan fingerprint density at radius 3 is 2.62 bits per heavy atom. The number of benzene rings is 1. The summed E-state index contributed by atoms with van der Waals surface area (Å²) in [7, 11) is 0. The maximum atomic E-state index is 13.8. The van der Waals surface area contributed by atoms with Gasteiger partial charge >= 0.3 is 11.7 Å². The normalized spacial score (nSPS) is 10.6. The lowest BCUT2D eigenvalue weighted by atomic mass is 10.1. The zero-order valence-corrected chi connectivity index (χ0v) is 14.2. The van der Waals surface area contributed by atoms with Crippen molar-refractivity contribution in [3.63, 3.8) is 0 Å². The lowest BCUT2D eigenvalue weighted by molar-refractivity contribution is -0.386. The minimum atomic E-state index is -1.15. The van der Waals surface area contributed by atoms with Crippen LogP contribution >= 0.6 is 0 Å². The molecule has 2 N–H and O–H groups in total. The number of nitro groups is 1. The first-order valence-corrected chi connectivity index (χ1v) is 7.67. The molecule has 1 amide bonds. The van der Waals surface area contributed by atoms with Crippen molar-refractivity contribution in [1.82, 2.24) is 9.78 Å². The summed E-state index contributed by atoms with van der Waals surface area (Å²) in [5, 5.41) is 26.2. The summed E-state index contributed by atoms with van der Waals surface area (Å²) < 4.78 is 15.2. The van der Waals surface area contributed by atoms with Crippen molar-refractivity contribution in [1.29, 1.82) is 0 Å². The number of anilines is 1. The molecule has 2 aromatic rings. The van der Waals surface area contributed by atoms with E-state index >= 15 is 0 Å². The van der Waals surface area contributed by atoms with Crippen LogP contribution in [0, 0.1) is 29.8 Å². The van der Waals surface area contributed by atoms with E-state index in [1.807, 2.05) is 0 Å². The molecule has 1 aromatic carbocycles. The van der Waals surface area contributed by atoms with Crippen molar-refractivity contribution in [3.8, 4) is 0 Å². The van der Waals surface area contributed by atoms with E-state index in [2.05, 4.69) is 10.4 Å². The van der Waals surface area contributed by atoms with E-state index in [0.29, 0.717) is 5.69 Å². The maximum absolute atomic E-state index is 13.8. The second-order valence-corrected chi connectivity index (χ2v) is 5.67. The molecule has 138 valence electrons. The van der Waals surface area contributed by atoms with Crippen LogP contribution in [0.5, 0.6) is 0 Å². The van der Waals surface area contributed by atoms with Gasteiger partial charge in [-0.05, 0) is 31.5 Å². The fourth-order valence-electron chi connectivity index (χ4n) is 2.53. The second-order valence-electron chi connectivity index (χ2n) is 5.67. The number of aryl methyl sites for hydroxylation is 2. The molecule has 0 fully saturated rings. The predicted molar refractivity (Wildman–Crippen MR) is 89.3 cm³/mol. The number of aliphatic carboxylic acids is 1. The molecule has 0 spiro atoms. The molecule has 0 aliphatic rings. The second kappa shape index (κ2) is 7.72. The van der Waals surface area contributed by atoms with E-state index in [1.54, 1.807) is 6.92 Å². The zero-order chi connectivity index (χ0) is 19.4. The fourth-order valence-corrected chi connectivity index (χ4v) is 2.53. The monoisotopic (exact) mass is 364 g/mol. The molecule has 0 saturated heterocycles. The van der Waals surface area contributed by atoms with Crippen LogP contribution in [0.25, 0.3) is 0 Å². The number of carboxylic acids is 1. The lowest BCUT2D eigenvalue weighted by Crippen LogP contribution is -2.16. The molecule has 0 bridgehead atoms. The van der Waals surface area contributed by atoms with Crippen molar-refractivity contribution < 1.29 is 24.0 Å². The van der Waals surface area contributed by atoms with Gasteiger partial charge in [0.05, 0.1) is 17.9 Å². The molecule has 0 aliphatic heterocycles. The summed E-state index contributed by atoms with van der Waals surface area (Å²) >= 11 is 0. The summed E-state index contributed by atoms with van der Waals surface area (Å²) in [6.45, 7) is 3.20. The first kappa shape index (κ1) is 19.0. The number of halogens is 1. The molecule has 1 aromatic heterocycles. The Kier molecular flexibility index (Phi) is 5.65. The van der Waals surface area contributed by atoms with Crippen LogP contribution in [0.2, 0.25) is 0 Å². The third-order valence-electron chi connectivity index (χ3n) is 3.76. The standard InChI is InChI=1S/C16H17FN4O5/c1-9-16(21(25)26)10(2)20(19-9)6-5-14(22)18-12-4-3-11(7-15(23)24)13(17)8-12/h3-4,8H,5-7H2,1-2H3,(H,18,22)(H,23,24). The lowest BCUT2D eigenvalue weighted by Gasteiger charge is -2.08. The van der Waals surface area contributed by atoms with Crippen molar-refractivity contribution >= 4 is 23.3 Å². The number of nitrogens with zero attached hydrogens (tertiary/aromatic N) is 3. The van der Waals surface area contributed by atoms with Gasteiger partial charge in [-0.2, -0.15) is 5.10 Å². The number of carbonyl (C=O) groups excluding carboxylic acids is 1. The SMILES string of the molecule is Cc1nn(CCC(=O)Nc2ccc(CC(=O)O)c(F)c2)c(C)c1[N+](=O)[O-]. The molecule has 2 rings (SSSR count). The summed E-state index contributed by atoms with van der Waals surface area (Å²) in [6.07, 6.45) is -0.464. The first-order valence-electron chi connectivity index (χ1n) is 7.67. The van der Waals surface area contributed by atoms with Gasteiger partial charge in [-0.1, -0.05) is 6.07 Å². The molecule has 10 heteroatoms. The van der Waals surface area contributed by atoms with Crippen LogP contribution in [-0.4, -0.2) is 31.7 Å². The van der Waals surface area contributed by atoms with E-state index in [-0.39, 0.29) is 35.6 Å². The number of carbonyl (C=O) groups is 2. The topological polar surface area (TPSA) is 127 Å². The Morgan fingerprint density at radius 1 is 1.38 bits per heavy atom. The Balaban J connectivity index is 1.99. The smallest absolute Gasteiger partial charge is 0.312 e. The highest BCUT2D eigenvalue weighted by molar-refractivity contribution is 5.90. The van der Waals surface area contributed by atoms with Gasteiger partial charge in [-0.15, -0.1) is 0 Å². The zero-order valence-electron chi connectivity index (χ0n) is 14.2. The van der Waals surface area contributed by atoms with Gasteiger partial charge in [0.2, 0.25) is 5.91 Å². The van der Waals surface area contributed by atoms with Crippen molar-refractivity contribution in [2.75, 3.05) is 5.32 Å². The van der Waals surface area contributed by atoms with Gasteiger partial charge in [0, 0.05) is 12.1 Å². The van der Waals surface area contributed by atoms with Crippen LogP contribution in [0.15, 0.2) is 18.2 Å². The highest BCUT2D eigenvalue weighted by atomic mass is 19.1. The van der Waals surface area contributed by atoms with Gasteiger partial charge in [-0.3, -0.25) is 24.4 Å². The third kappa shape index (κ3) is 4.41. The van der Waals surface area contributed by atoms with Crippen LogP contribution in [-0.2, 0) is 22.6 Å². The number of aromatic nitrogens is 2. The first-order chi connectivity index (χ1) is 12.2. The largest absolute Gasteiger partial charge is 0.481 e. The minimum absolute atomic E-state index is 0.0163. The van der Waals surface area contributed by atoms with E-state index in [1.165, 1.54) is 23.7 Å². The van der Waals surface area contributed by atoms with Gasteiger partial charge in [0.1, 0.15) is 17.2 Å². The summed E-state index contributed by atoms with van der Waals surface area (Å²) in [5.41, 5.74) is 0.751. The quantitative estimate of drug-likeness (QED) is 0.573. The highest BCUT2D eigenvalue weighted by Gasteiger charge is 2.21. The average molecular weight is 364 g/mol. The number of amides is 1. The molecular weight excluding hydrogens is 347 g/mol. The Labute approximate surface area is 147 Å². The van der Waals surface area contributed by atoms with Crippen LogP contribution in [0.1, 0.15) is 23.4 Å². The van der Waals surface area contributed by atoms with Gasteiger partial charge in [-0.25, -0.2) is 4.39 Å². The van der Waals surface area contributed by atoms with E-state index in [9.17, 15) is 24.1 Å². The van der Waals surface area contributed by atoms with Gasteiger partial charge in [0.15, 0.2) is 0 Å². The molecule has 9 nitrogen and oxygen atoms in total. The van der Waals surface area contributed by atoms with Gasteiger partial charge in [0.25, 0.3) is 0 Å². The summed E-state index contributed by atoms with van der Waals surface area (Å²) in [5.74, 6) is -2.30. The molecule has 26 heavy (non-hydrogen) atoms. The maximum Gasteiger partial charge on any atom is 0.312 e. The number of hydrogen-bond donors (Lipinski definition) is 2. The third-order valence-corrected chi connectivity index (χ3v) is 3.76. The fraction of sp³-hybridized carbons (Fsp3) is 0.312. The number of carboxylic acid groups (broad SMARTS) is 1. The van der Waals surface area contributed by atoms with E-state index < -0.39 is 29.0 Å². The van der Waals surface area contributed by atoms with Crippen LogP contribution in [0.4, 0.5) is 15.8 Å². The molecular formula is C16H17FN4O5. The number of nitrogens with one attached hydrogen (secondary N) is 1. The molecule has 0 aliphatic carbocycles. The van der Waals surface area contributed by atoms with Crippen molar-refractivity contribution in [2.45, 2.75) is 33.2 Å². The molecule has 0 unspecified atom stereocenters. The predicted octanol–water partition coefficient (Wildman–Crippen LogP) is 2.20. The minimum Gasteiger partial charge on any atom is -0.481 e. The average Bonchev–Trinajstić information content (AvgIpc) is 2.81. The van der Waals surface area contributed by atoms with Crippen molar-refractivity contribution in [2.24, 2.45) is 0 Å². The van der Waals surface area contributed by atoms with Crippen LogP contribution < -0.4 is 5.32 Å². The summed E-state index contributed by atoms with van der Waals surface area (Å²) in [4.78, 5) is 33.1. The Hall–Kier alpha value is -3.30.